The number of fused-ring (bicyclic) bond motifs is 1. The van der Waals surface area contributed by atoms with Gasteiger partial charge in [0.25, 0.3) is 0 Å². The molecule has 2 aromatic heterocycles. The third-order valence-electron chi connectivity index (χ3n) is 7.69. The van der Waals surface area contributed by atoms with Gasteiger partial charge in [-0.3, -0.25) is 4.90 Å². The minimum Gasteiger partial charge on any atom is -0.612 e. The number of ether oxygens (including phenoxy) is 2. The normalized spacial score (nSPS) is 17.9. The number of hydrogen-bond donors (Lipinski definition) is 1. The summed E-state index contributed by atoms with van der Waals surface area (Å²) < 4.78 is 25.5. The van der Waals surface area contributed by atoms with Crippen LogP contribution in [0.4, 0.5) is 17.3 Å². The molecule has 4 heterocycles. The van der Waals surface area contributed by atoms with Gasteiger partial charge in [0.15, 0.2) is 4.90 Å². The van der Waals surface area contributed by atoms with Crippen molar-refractivity contribution < 1.29 is 14.0 Å². The van der Waals surface area contributed by atoms with Crippen molar-refractivity contribution in [1.82, 2.24) is 19.5 Å². The SMILES string of the molecule is COc1cc(N2CCC(N3CCOCC3)CC2)ccc1Nc1ncc2ccc(-c3ccccc3[S+](C)[O-])n2n1. The Morgan fingerprint density at radius 1 is 1.03 bits per heavy atom. The Labute approximate surface area is 231 Å². The van der Waals surface area contributed by atoms with Crippen LogP contribution in [0.1, 0.15) is 12.8 Å². The van der Waals surface area contributed by atoms with Gasteiger partial charge in [0.1, 0.15) is 12.0 Å². The van der Waals surface area contributed by atoms with Crippen molar-refractivity contribution in [1.29, 1.82) is 0 Å². The number of piperidine rings is 1. The minimum absolute atomic E-state index is 0.451. The van der Waals surface area contributed by atoms with Gasteiger partial charge in [0, 0.05) is 44.0 Å². The van der Waals surface area contributed by atoms with Gasteiger partial charge in [0.2, 0.25) is 5.95 Å². The predicted molar refractivity (Wildman–Crippen MR) is 155 cm³/mol. The molecule has 2 aliphatic heterocycles. The van der Waals surface area contributed by atoms with E-state index in [1.165, 1.54) is 0 Å². The predicted octanol–water partition coefficient (Wildman–Crippen LogP) is 4.19. The molecule has 4 aromatic rings. The number of hydrogen-bond acceptors (Lipinski definition) is 8. The van der Waals surface area contributed by atoms with E-state index in [-0.39, 0.29) is 0 Å². The number of morpholine rings is 1. The number of rotatable bonds is 7. The summed E-state index contributed by atoms with van der Waals surface area (Å²) in [6.45, 7) is 5.84. The van der Waals surface area contributed by atoms with Crippen LogP contribution in [0.25, 0.3) is 16.8 Å². The Morgan fingerprint density at radius 3 is 2.59 bits per heavy atom. The number of nitrogens with one attached hydrogen (secondary N) is 1. The first-order valence-corrected chi connectivity index (χ1v) is 15.0. The van der Waals surface area contributed by atoms with Gasteiger partial charge in [-0.2, -0.15) is 0 Å². The van der Waals surface area contributed by atoms with Crippen LogP contribution >= 0.6 is 0 Å². The molecule has 0 spiro atoms. The van der Waals surface area contributed by atoms with Crippen molar-refractivity contribution in [3.05, 3.63) is 60.8 Å². The van der Waals surface area contributed by atoms with Gasteiger partial charge >= 0.3 is 0 Å². The molecule has 10 heteroatoms. The Hall–Kier alpha value is -3.31. The van der Waals surface area contributed by atoms with Gasteiger partial charge in [-0.25, -0.2) is 9.50 Å². The minimum atomic E-state index is -1.12. The maximum atomic E-state index is 12.3. The van der Waals surface area contributed by atoms with Gasteiger partial charge in [-0.1, -0.05) is 12.1 Å². The Balaban J connectivity index is 1.20. The number of benzene rings is 2. The molecule has 39 heavy (non-hydrogen) atoms. The Morgan fingerprint density at radius 2 is 1.82 bits per heavy atom. The highest BCUT2D eigenvalue weighted by Gasteiger charge is 2.26. The van der Waals surface area contributed by atoms with E-state index >= 15 is 0 Å². The molecule has 2 saturated heterocycles. The molecule has 0 aliphatic carbocycles. The molecule has 0 radical (unpaired) electrons. The van der Waals surface area contributed by atoms with Crippen LogP contribution in [-0.4, -0.2) is 82.9 Å². The lowest BCUT2D eigenvalue weighted by atomic mass is 10.0. The maximum absolute atomic E-state index is 12.3. The zero-order valence-corrected chi connectivity index (χ0v) is 23.2. The van der Waals surface area contributed by atoms with E-state index in [1.807, 2.05) is 47.0 Å². The van der Waals surface area contributed by atoms with Gasteiger partial charge in [0.05, 0.1) is 49.0 Å². The summed E-state index contributed by atoms with van der Waals surface area (Å²) in [6.07, 6.45) is 5.79. The van der Waals surface area contributed by atoms with Gasteiger partial charge < -0.3 is 24.2 Å². The molecule has 1 unspecified atom stereocenters. The lowest BCUT2D eigenvalue weighted by Crippen LogP contribution is -2.49. The Bertz CT molecular complexity index is 1430. The van der Waals surface area contributed by atoms with E-state index in [4.69, 9.17) is 14.6 Å². The highest BCUT2D eigenvalue weighted by Crippen LogP contribution is 2.34. The fraction of sp³-hybridized carbons (Fsp3) is 0.379. The van der Waals surface area contributed by atoms with Crippen molar-refractivity contribution >= 4 is 34.0 Å². The first kappa shape index (κ1) is 25.9. The summed E-state index contributed by atoms with van der Waals surface area (Å²) in [5.74, 6) is 1.19. The average Bonchev–Trinajstić information content (AvgIpc) is 3.41. The molecule has 0 amide bonds. The van der Waals surface area contributed by atoms with E-state index in [1.54, 1.807) is 19.6 Å². The molecule has 2 fully saturated rings. The third kappa shape index (κ3) is 5.42. The van der Waals surface area contributed by atoms with Crippen LogP contribution < -0.4 is 15.0 Å². The van der Waals surface area contributed by atoms with Crippen molar-refractivity contribution in [3.8, 4) is 17.0 Å². The molecular weight excluding hydrogens is 512 g/mol. The molecule has 2 aromatic carbocycles. The number of nitrogens with zero attached hydrogens (tertiary/aromatic N) is 5. The van der Waals surface area contributed by atoms with Crippen molar-refractivity contribution in [3.63, 3.8) is 0 Å². The quantitative estimate of drug-likeness (QED) is 0.345. The second kappa shape index (κ2) is 11.4. The van der Waals surface area contributed by atoms with E-state index in [0.29, 0.717) is 12.0 Å². The standard InChI is InChI=1S/C29H34N6O3S/c1-37-27-19-22(33-13-11-21(12-14-33)34-15-17-38-18-16-34)7-9-25(27)31-29-30-20-23-8-10-26(35(23)32-29)24-5-3-4-6-28(24)39(2)36/h3-10,19-21H,11-18H2,1-2H3,(H,31,32). The molecular formula is C29H34N6O3S. The average molecular weight is 547 g/mol. The third-order valence-corrected chi connectivity index (χ3v) is 8.67. The Kier molecular flexibility index (Phi) is 7.60. The first-order valence-electron chi connectivity index (χ1n) is 13.4. The van der Waals surface area contributed by atoms with Crippen molar-refractivity contribution in [2.24, 2.45) is 0 Å². The van der Waals surface area contributed by atoms with E-state index in [9.17, 15) is 4.55 Å². The van der Waals surface area contributed by atoms with Crippen LogP contribution in [0.5, 0.6) is 5.75 Å². The molecule has 1 atom stereocenters. The maximum Gasteiger partial charge on any atom is 0.245 e. The summed E-state index contributed by atoms with van der Waals surface area (Å²) in [5.41, 5.74) is 4.57. The molecule has 6 rings (SSSR count). The highest BCUT2D eigenvalue weighted by atomic mass is 32.2. The van der Waals surface area contributed by atoms with Gasteiger partial charge in [-0.15, -0.1) is 5.10 Å². The highest BCUT2D eigenvalue weighted by molar-refractivity contribution is 7.90. The summed E-state index contributed by atoms with van der Waals surface area (Å²) in [6, 6.07) is 18.6. The topological polar surface area (TPSA) is 90.2 Å². The zero-order valence-electron chi connectivity index (χ0n) is 22.4. The lowest BCUT2D eigenvalue weighted by molar-refractivity contribution is 0.0115. The molecule has 0 saturated carbocycles. The number of methoxy groups -OCH3 is 1. The molecule has 9 nitrogen and oxygen atoms in total. The van der Waals surface area contributed by atoms with E-state index in [2.05, 4.69) is 32.2 Å². The van der Waals surface area contributed by atoms with Crippen LogP contribution in [0.3, 0.4) is 0 Å². The monoisotopic (exact) mass is 546 g/mol. The fourth-order valence-electron chi connectivity index (χ4n) is 5.62. The largest absolute Gasteiger partial charge is 0.612 e. The summed E-state index contributed by atoms with van der Waals surface area (Å²) in [4.78, 5) is 10.3. The van der Waals surface area contributed by atoms with Crippen molar-refractivity contribution in [2.75, 3.05) is 63.0 Å². The van der Waals surface area contributed by atoms with Crippen molar-refractivity contribution in [2.45, 2.75) is 23.8 Å². The summed E-state index contributed by atoms with van der Waals surface area (Å²) >= 11 is -1.12. The van der Waals surface area contributed by atoms with Gasteiger partial charge in [-0.05, 0) is 60.4 Å². The van der Waals surface area contributed by atoms with Crippen LogP contribution in [-0.2, 0) is 15.9 Å². The van der Waals surface area contributed by atoms with Crippen LogP contribution in [0.15, 0.2) is 65.7 Å². The lowest BCUT2D eigenvalue weighted by Gasteiger charge is -2.40. The molecule has 1 N–H and O–H groups in total. The number of aromatic nitrogens is 3. The molecule has 0 bridgehead atoms. The van der Waals surface area contributed by atoms with Crippen LogP contribution in [0, 0.1) is 0 Å². The number of anilines is 3. The molecule has 204 valence electrons. The zero-order chi connectivity index (χ0) is 26.8. The first-order chi connectivity index (χ1) is 19.1. The van der Waals surface area contributed by atoms with Crippen LogP contribution in [0.2, 0.25) is 0 Å². The second-order valence-electron chi connectivity index (χ2n) is 9.96. The summed E-state index contributed by atoms with van der Waals surface area (Å²) in [7, 11) is 1.69. The fourth-order valence-corrected chi connectivity index (χ4v) is 6.38. The smallest absolute Gasteiger partial charge is 0.245 e. The van der Waals surface area contributed by atoms with E-state index in [0.717, 1.165) is 91.0 Å². The van der Waals surface area contributed by atoms with E-state index < -0.39 is 11.2 Å². The molecule has 2 aliphatic rings. The second-order valence-corrected chi connectivity index (χ2v) is 11.3. The summed E-state index contributed by atoms with van der Waals surface area (Å²) in [5, 5.41) is 8.10.